The highest BCUT2D eigenvalue weighted by Crippen LogP contribution is 2.25. The number of hydrogen-bond acceptors (Lipinski definition) is 4. The van der Waals surface area contributed by atoms with Crippen LogP contribution in [0.15, 0.2) is 60.8 Å². The molecule has 0 aliphatic carbocycles. The fourth-order valence-electron chi connectivity index (χ4n) is 1.91. The van der Waals surface area contributed by atoms with Gasteiger partial charge in [-0.3, -0.25) is 0 Å². The van der Waals surface area contributed by atoms with Crippen LogP contribution in [-0.4, -0.2) is 9.97 Å². The van der Waals surface area contributed by atoms with Crippen molar-refractivity contribution in [3.05, 3.63) is 70.8 Å². The molecular formula is C16H12Cl2N4. The maximum atomic E-state index is 5.99. The first-order chi connectivity index (χ1) is 10.7. The molecule has 0 unspecified atom stereocenters. The van der Waals surface area contributed by atoms with Crippen LogP contribution in [0.2, 0.25) is 10.0 Å². The average Bonchev–Trinajstić information content (AvgIpc) is 2.47. The molecule has 0 saturated carbocycles. The van der Waals surface area contributed by atoms with Crippen molar-refractivity contribution in [2.24, 2.45) is 0 Å². The summed E-state index contributed by atoms with van der Waals surface area (Å²) < 4.78 is 0. The van der Waals surface area contributed by atoms with Crippen LogP contribution >= 0.6 is 23.2 Å². The van der Waals surface area contributed by atoms with Gasteiger partial charge in [-0.05, 0) is 36.4 Å². The molecule has 2 N–H and O–H groups in total. The van der Waals surface area contributed by atoms with Gasteiger partial charge in [0.25, 0.3) is 0 Å². The van der Waals surface area contributed by atoms with Gasteiger partial charge in [-0.25, -0.2) is 4.98 Å². The molecule has 110 valence electrons. The Morgan fingerprint density at radius 3 is 2.23 bits per heavy atom. The zero-order chi connectivity index (χ0) is 15.4. The Labute approximate surface area is 138 Å². The summed E-state index contributed by atoms with van der Waals surface area (Å²) in [5, 5.41) is 7.41. The Bertz CT molecular complexity index is 758. The van der Waals surface area contributed by atoms with Crippen LogP contribution < -0.4 is 10.6 Å². The van der Waals surface area contributed by atoms with Crippen molar-refractivity contribution >= 4 is 46.3 Å². The second-order valence-corrected chi connectivity index (χ2v) is 5.41. The third-order valence-corrected chi connectivity index (χ3v) is 3.26. The molecule has 0 aliphatic heterocycles. The standard InChI is InChI=1S/C16H12Cl2N4/c17-11-8-12(18)10-14(9-11)20-15-6-7-19-16(22-15)21-13-4-2-1-3-5-13/h1-10H,(H2,19,20,21,22). The van der Waals surface area contributed by atoms with E-state index < -0.39 is 0 Å². The Balaban J connectivity index is 1.79. The van der Waals surface area contributed by atoms with Crippen LogP contribution in [0.1, 0.15) is 0 Å². The minimum absolute atomic E-state index is 0.504. The Kier molecular flexibility index (Phi) is 4.42. The second-order valence-electron chi connectivity index (χ2n) is 4.54. The van der Waals surface area contributed by atoms with E-state index in [1.54, 1.807) is 30.5 Å². The Morgan fingerprint density at radius 2 is 1.50 bits per heavy atom. The van der Waals surface area contributed by atoms with E-state index in [2.05, 4.69) is 20.6 Å². The lowest BCUT2D eigenvalue weighted by molar-refractivity contribution is 1.17. The van der Waals surface area contributed by atoms with Gasteiger partial charge in [-0.15, -0.1) is 0 Å². The molecule has 4 nitrogen and oxygen atoms in total. The summed E-state index contributed by atoms with van der Waals surface area (Å²) in [6.45, 7) is 0. The summed E-state index contributed by atoms with van der Waals surface area (Å²) in [6, 6.07) is 16.7. The molecule has 1 heterocycles. The van der Waals surface area contributed by atoms with Gasteiger partial charge < -0.3 is 10.6 Å². The van der Waals surface area contributed by atoms with E-state index in [1.165, 1.54) is 0 Å². The van der Waals surface area contributed by atoms with Crippen molar-refractivity contribution in [1.29, 1.82) is 0 Å². The molecule has 22 heavy (non-hydrogen) atoms. The zero-order valence-electron chi connectivity index (χ0n) is 11.4. The number of nitrogens with one attached hydrogen (secondary N) is 2. The van der Waals surface area contributed by atoms with E-state index in [9.17, 15) is 0 Å². The SMILES string of the molecule is Clc1cc(Cl)cc(Nc2ccnc(Nc3ccccc3)n2)c1. The smallest absolute Gasteiger partial charge is 0.229 e. The normalized spacial score (nSPS) is 10.3. The van der Waals surface area contributed by atoms with E-state index in [0.29, 0.717) is 21.8 Å². The Morgan fingerprint density at radius 1 is 0.773 bits per heavy atom. The summed E-state index contributed by atoms with van der Waals surface area (Å²) in [5.41, 5.74) is 1.69. The van der Waals surface area contributed by atoms with Gasteiger partial charge in [0.05, 0.1) is 0 Å². The van der Waals surface area contributed by atoms with Crippen molar-refractivity contribution in [2.45, 2.75) is 0 Å². The highest BCUT2D eigenvalue weighted by molar-refractivity contribution is 6.35. The molecule has 0 atom stereocenters. The maximum Gasteiger partial charge on any atom is 0.229 e. The number of aromatic nitrogens is 2. The van der Waals surface area contributed by atoms with E-state index >= 15 is 0 Å². The molecule has 0 aliphatic rings. The minimum atomic E-state index is 0.504. The van der Waals surface area contributed by atoms with Crippen molar-refractivity contribution in [1.82, 2.24) is 9.97 Å². The van der Waals surface area contributed by atoms with Gasteiger partial charge in [0.15, 0.2) is 0 Å². The van der Waals surface area contributed by atoms with Gasteiger partial charge >= 0.3 is 0 Å². The summed E-state index contributed by atoms with van der Waals surface area (Å²) in [6.07, 6.45) is 1.67. The average molecular weight is 331 g/mol. The molecule has 3 aromatic rings. The first kappa shape index (κ1) is 14.6. The number of para-hydroxylation sites is 1. The van der Waals surface area contributed by atoms with E-state index in [0.717, 1.165) is 11.4 Å². The van der Waals surface area contributed by atoms with Crippen LogP contribution in [-0.2, 0) is 0 Å². The van der Waals surface area contributed by atoms with Crippen molar-refractivity contribution in [2.75, 3.05) is 10.6 Å². The number of hydrogen-bond donors (Lipinski definition) is 2. The molecule has 1 aromatic heterocycles. The van der Waals surface area contributed by atoms with Gasteiger partial charge in [0.2, 0.25) is 5.95 Å². The van der Waals surface area contributed by atoms with E-state index in [1.807, 2.05) is 30.3 Å². The maximum absolute atomic E-state index is 5.99. The molecule has 0 spiro atoms. The monoisotopic (exact) mass is 330 g/mol. The van der Waals surface area contributed by atoms with E-state index in [4.69, 9.17) is 23.2 Å². The minimum Gasteiger partial charge on any atom is -0.340 e. The summed E-state index contributed by atoms with van der Waals surface area (Å²) in [5.74, 6) is 1.15. The molecule has 2 aromatic carbocycles. The van der Waals surface area contributed by atoms with Gasteiger partial charge in [-0.1, -0.05) is 41.4 Å². The number of rotatable bonds is 4. The molecular weight excluding hydrogens is 319 g/mol. The predicted octanol–water partition coefficient (Wildman–Crippen LogP) is 5.27. The quantitative estimate of drug-likeness (QED) is 0.684. The second kappa shape index (κ2) is 6.64. The fourth-order valence-corrected chi connectivity index (χ4v) is 2.44. The van der Waals surface area contributed by atoms with Gasteiger partial charge in [0, 0.05) is 27.6 Å². The molecule has 0 radical (unpaired) electrons. The first-order valence-corrected chi connectivity index (χ1v) is 7.33. The molecule has 0 saturated heterocycles. The third-order valence-electron chi connectivity index (χ3n) is 2.82. The number of benzene rings is 2. The highest BCUT2D eigenvalue weighted by atomic mass is 35.5. The summed E-state index contributed by atoms with van der Waals surface area (Å²) in [7, 11) is 0. The molecule has 6 heteroatoms. The zero-order valence-corrected chi connectivity index (χ0v) is 12.9. The molecule has 0 bridgehead atoms. The number of halogens is 2. The van der Waals surface area contributed by atoms with Crippen LogP contribution in [0, 0.1) is 0 Å². The third kappa shape index (κ3) is 3.87. The molecule has 0 amide bonds. The van der Waals surface area contributed by atoms with Crippen LogP contribution in [0.5, 0.6) is 0 Å². The van der Waals surface area contributed by atoms with Crippen LogP contribution in [0.25, 0.3) is 0 Å². The first-order valence-electron chi connectivity index (χ1n) is 6.57. The lowest BCUT2D eigenvalue weighted by Crippen LogP contribution is -2.00. The largest absolute Gasteiger partial charge is 0.340 e. The van der Waals surface area contributed by atoms with Crippen molar-refractivity contribution in [3.63, 3.8) is 0 Å². The number of nitrogens with zero attached hydrogens (tertiary/aromatic N) is 2. The van der Waals surface area contributed by atoms with Crippen LogP contribution in [0.3, 0.4) is 0 Å². The summed E-state index contributed by atoms with van der Waals surface area (Å²) >= 11 is 12.0. The molecule has 3 rings (SSSR count). The van der Waals surface area contributed by atoms with Gasteiger partial charge in [-0.2, -0.15) is 4.98 Å². The van der Waals surface area contributed by atoms with Crippen molar-refractivity contribution in [3.8, 4) is 0 Å². The lowest BCUT2D eigenvalue weighted by atomic mass is 10.3. The predicted molar refractivity (Wildman–Crippen MR) is 91.5 cm³/mol. The highest BCUT2D eigenvalue weighted by Gasteiger charge is 2.02. The summed E-state index contributed by atoms with van der Waals surface area (Å²) in [4.78, 5) is 8.60. The topological polar surface area (TPSA) is 49.8 Å². The van der Waals surface area contributed by atoms with E-state index in [-0.39, 0.29) is 0 Å². The molecule has 0 fully saturated rings. The van der Waals surface area contributed by atoms with Gasteiger partial charge in [0.1, 0.15) is 5.82 Å². The lowest BCUT2D eigenvalue weighted by Gasteiger charge is -2.09. The Hall–Kier alpha value is -2.30. The fraction of sp³-hybridized carbons (Fsp3) is 0. The van der Waals surface area contributed by atoms with Crippen molar-refractivity contribution < 1.29 is 0 Å². The van der Waals surface area contributed by atoms with Crippen LogP contribution in [0.4, 0.5) is 23.1 Å². The number of anilines is 4.